The minimum Gasteiger partial charge on any atom is -0.361 e. The lowest BCUT2D eigenvalue weighted by atomic mass is 10.0. The summed E-state index contributed by atoms with van der Waals surface area (Å²) in [6.07, 6.45) is 1.95. The van der Waals surface area contributed by atoms with Gasteiger partial charge in [0.05, 0.1) is 0 Å². The summed E-state index contributed by atoms with van der Waals surface area (Å²) >= 11 is 0. The molecule has 0 bridgehead atoms. The zero-order valence-electron chi connectivity index (χ0n) is 12.7. The fraction of sp³-hybridized carbons (Fsp3) is 0. The minimum absolute atomic E-state index is 1.21. The number of fused-ring (bicyclic) bond motifs is 3. The van der Waals surface area contributed by atoms with E-state index in [2.05, 4.69) is 83.8 Å². The Balaban J connectivity index is 0.000000130. The molecule has 5 aromatic rings. The Bertz CT molecular complexity index is 937. The van der Waals surface area contributed by atoms with Crippen LogP contribution >= 0.6 is 0 Å². The summed E-state index contributed by atoms with van der Waals surface area (Å²) in [7, 11) is 0. The first-order chi connectivity index (χ1) is 11.4. The van der Waals surface area contributed by atoms with E-state index >= 15 is 0 Å². The molecule has 1 heterocycles. The van der Waals surface area contributed by atoms with Gasteiger partial charge in [0.25, 0.3) is 0 Å². The molecular weight excluding hydrogens is 278 g/mol. The molecular formula is C22H17N. The third-order valence-electron chi connectivity index (χ3n) is 4.08. The summed E-state index contributed by atoms with van der Waals surface area (Å²) in [5.41, 5.74) is 1.21. The molecule has 23 heavy (non-hydrogen) atoms. The standard InChI is InChI=1S/C14H10.C8H7N/c1-2-6-12-10-14-8-4-3-7-13(14)9-11(12)5-1;1-2-4-8-7(3-1)5-6-9-8/h1-10H;1-6,9H. The van der Waals surface area contributed by atoms with Crippen LogP contribution < -0.4 is 0 Å². The monoisotopic (exact) mass is 295 g/mol. The van der Waals surface area contributed by atoms with E-state index in [-0.39, 0.29) is 0 Å². The van der Waals surface area contributed by atoms with E-state index < -0.39 is 0 Å². The topological polar surface area (TPSA) is 15.8 Å². The molecule has 0 spiro atoms. The Kier molecular flexibility index (Phi) is 3.53. The first kappa shape index (κ1) is 13.6. The van der Waals surface area contributed by atoms with Gasteiger partial charge < -0.3 is 4.98 Å². The van der Waals surface area contributed by atoms with Crippen LogP contribution in [-0.2, 0) is 0 Å². The Morgan fingerprint density at radius 2 is 0.870 bits per heavy atom. The van der Waals surface area contributed by atoms with Crippen LogP contribution in [0.15, 0.2) is 97.2 Å². The molecule has 0 amide bonds. The van der Waals surface area contributed by atoms with Crippen LogP contribution in [0, 0.1) is 0 Å². The second-order valence-corrected chi connectivity index (χ2v) is 5.61. The molecule has 0 fully saturated rings. The highest BCUT2D eigenvalue weighted by Crippen LogP contribution is 2.22. The third-order valence-corrected chi connectivity index (χ3v) is 4.08. The van der Waals surface area contributed by atoms with Crippen LogP contribution in [0.5, 0.6) is 0 Å². The summed E-state index contributed by atoms with van der Waals surface area (Å²) in [6, 6.07) is 31.7. The van der Waals surface area contributed by atoms with Gasteiger partial charge >= 0.3 is 0 Å². The zero-order chi connectivity index (χ0) is 15.5. The predicted octanol–water partition coefficient (Wildman–Crippen LogP) is 6.16. The van der Waals surface area contributed by atoms with Crippen molar-refractivity contribution in [2.45, 2.75) is 0 Å². The van der Waals surface area contributed by atoms with E-state index in [1.54, 1.807) is 0 Å². The highest BCUT2D eigenvalue weighted by Gasteiger charge is 1.95. The molecule has 1 N–H and O–H groups in total. The van der Waals surface area contributed by atoms with Crippen molar-refractivity contribution in [3.05, 3.63) is 97.2 Å². The predicted molar refractivity (Wildman–Crippen MR) is 99.8 cm³/mol. The van der Waals surface area contributed by atoms with E-state index in [0.29, 0.717) is 0 Å². The van der Waals surface area contributed by atoms with Gasteiger partial charge in [0.15, 0.2) is 0 Å². The van der Waals surface area contributed by atoms with Crippen molar-refractivity contribution in [1.29, 1.82) is 0 Å². The average molecular weight is 295 g/mol. The SMILES string of the molecule is c1ccc2[nH]ccc2c1.c1ccc2cc3ccccc3cc2c1. The molecule has 0 aliphatic heterocycles. The number of benzene rings is 4. The maximum Gasteiger partial charge on any atom is 0.0453 e. The lowest BCUT2D eigenvalue weighted by Gasteiger charge is -2.00. The summed E-state index contributed by atoms with van der Waals surface area (Å²) in [4.78, 5) is 3.12. The van der Waals surface area contributed by atoms with Gasteiger partial charge in [-0.1, -0.05) is 66.7 Å². The maximum absolute atomic E-state index is 3.12. The number of para-hydroxylation sites is 1. The minimum atomic E-state index is 1.21. The molecule has 0 aliphatic carbocycles. The van der Waals surface area contributed by atoms with E-state index in [4.69, 9.17) is 0 Å². The molecule has 0 unspecified atom stereocenters. The van der Waals surface area contributed by atoms with Crippen LogP contribution in [0.3, 0.4) is 0 Å². The quantitative estimate of drug-likeness (QED) is 0.329. The lowest BCUT2D eigenvalue weighted by molar-refractivity contribution is 1.48. The van der Waals surface area contributed by atoms with E-state index in [9.17, 15) is 0 Å². The summed E-state index contributed by atoms with van der Waals surface area (Å²) in [6.45, 7) is 0. The van der Waals surface area contributed by atoms with Crippen molar-refractivity contribution >= 4 is 32.4 Å². The first-order valence-electron chi connectivity index (χ1n) is 7.80. The Morgan fingerprint density at radius 3 is 1.35 bits per heavy atom. The van der Waals surface area contributed by atoms with Crippen molar-refractivity contribution in [2.75, 3.05) is 0 Å². The van der Waals surface area contributed by atoms with Crippen molar-refractivity contribution in [3.63, 3.8) is 0 Å². The maximum atomic E-state index is 3.12. The Hall–Kier alpha value is -3.06. The third kappa shape index (κ3) is 2.82. The van der Waals surface area contributed by atoms with Crippen molar-refractivity contribution < 1.29 is 0 Å². The number of hydrogen-bond donors (Lipinski definition) is 1. The molecule has 0 saturated carbocycles. The number of H-pyrrole nitrogens is 1. The summed E-state index contributed by atoms with van der Waals surface area (Å²) in [5.74, 6) is 0. The highest BCUT2D eigenvalue weighted by atomic mass is 14.7. The number of aromatic nitrogens is 1. The number of hydrogen-bond acceptors (Lipinski definition) is 0. The molecule has 4 aromatic carbocycles. The fourth-order valence-electron chi connectivity index (χ4n) is 2.88. The van der Waals surface area contributed by atoms with Crippen LogP contribution in [0.1, 0.15) is 0 Å². The van der Waals surface area contributed by atoms with Gasteiger partial charge in [0.2, 0.25) is 0 Å². The molecule has 0 radical (unpaired) electrons. The first-order valence-corrected chi connectivity index (χ1v) is 7.80. The van der Waals surface area contributed by atoms with Gasteiger partial charge in [0.1, 0.15) is 0 Å². The molecule has 5 rings (SSSR count). The van der Waals surface area contributed by atoms with Gasteiger partial charge in [-0.25, -0.2) is 0 Å². The lowest BCUT2D eigenvalue weighted by Crippen LogP contribution is -1.74. The van der Waals surface area contributed by atoms with Gasteiger partial charge in [0, 0.05) is 11.7 Å². The van der Waals surface area contributed by atoms with Gasteiger partial charge in [-0.15, -0.1) is 0 Å². The Labute approximate surface area is 135 Å². The van der Waals surface area contributed by atoms with Gasteiger partial charge in [-0.3, -0.25) is 0 Å². The largest absolute Gasteiger partial charge is 0.361 e. The van der Waals surface area contributed by atoms with E-state index in [0.717, 1.165) is 0 Å². The van der Waals surface area contributed by atoms with E-state index in [1.165, 1.54) is 32.4 Å². The van der Waals surface area contributed by atoms with Crippen molar-refractivity contribution in [3.8, 4) is 0 Å². The second-order valence-electron chi connectivity index (χ2n) is 5.61. The number of nitrogens with one attached hydrogen (secondary N) is 1. The second kappa shape index (κ2) is 5.98. The van der Waals surface area contributed by atoms with Gasteiger partial charge in [-0.05, 0) is 51.2 Å². The zero-order valence-corrected chi connectivity index (χ0v) is 12.7. The molecule has 0 atom stereocenters. The van der Waals surface area contributed by atoms with Crippen molar-refractivity contribution in [2.24, 2.45) is 0 Å². The summed E-state index contributed by atoms with van der Waals surface area (Å²) < 4.78 is 0. The number of aromatic amines is 1. The summed E-state index contributed by atoms with van der Waals surface area (Å²) in [5, 5.41) is 6.52. The fourth-order valence-corrected chi connectivity index (χ4v) is 2.88. The van der Waals surface area contributed by atoms with Gasteiger partial charge in [-0.2, -0.15) is 0 Å². The molecule has 0 saturated heterocycles. The average Bonchev–Trinajstić information content (AvgIpc) is 3.09. The highest BCUT2D eigenvalue weighted by molar-refractivity contribution is 5.98. The molecule has 110 valence electrons. The number of rotatable bonds is 0. The molecule has 1 aromatic heterocycles. The smallest absolute Gasteiger partial charge is 0.0453 e. The molecule has 1 heteroatoms. The van der Waals surface area contributed by atoms with Crippen LogP contribution in [0.4, 0.5) is 0 Å². The van der Waals surface area contributed by atoms with Crippen molar-refractivity contribution in [1.82, 2.24) is 4.98 Å². The van der Waals surface area contributed by atoms with Crippen LogP contribution in [0.2, 0.25) is 0 Å². The molecule has 0 aliphatic rings. The van der Waals surface area contributed by atoms with Crippen LogP contribution in [-0.4, -0.2) is 4.98 Å². The van der Waals surface area contributed by atoms with Crippen LogP contribution in [0.25, 0.3) is 32.4 Å². The molecule has 1 nitrogen and oxygen atoms in total. The Morgan fingerprint density at radius 1 is 0.435 bits per heavy atom. The van der Waals surface area contributed by atoms with E-state index in [1.807, 2.05) is 18.3 Å². The normalized spacial score (nSPS) is 10.6.